The summed E-state index contributed by atoms with van der Waals surface area (Å²) >= 11 is 0. The molecule has 0 aromatic heterocycles. The Bertz CT molecular complexity index is 446. The highest BCUT2D eigenvalue weighted by atomic mass is 16.5. The van der Waals surface area contributed by atoms with Gasteiger partial charge in [-0.1, -0.05) is 5.92 Å². The molecule has 0 aliphatic carbocycles. The zero-order valence-electron chi connectivity index (χ0n) is 11.7. The van der Waals surface area contributed by atoms with E-state index >= 15 is 0 Å². The average Bonchev–Trinajstić information content (AvgIpc) is 2.37. The summed E-state index contributed by atoms with van der Waals surface area (Å²) in [5, 5.41) is 3.38. The fourth-order valence-electron chi connectivity index (χ4n) is 1.84. The van der Waals surface area contributed by atoms with E-state index in [1.165, 1.54) is 0 Å². The quantitative estimate of drug-likeness (QED) is 0.812. The lowest BCUT2D eigenvalue weighted by Crippen LogP contribution is -2.39. The summed E-state index contributed by atoms with van der Waals surface area (Å²) in [5.41, 5.74) is 0.660. The Balaban J connectivity index is 3.03. The molecule has 0 saturated heterocycles. The molecule has 0 aliphatic rings. The molecule has 0 spiro atoms. The van der Waals surface area contributed by atoms with E-state index in [1.54, 1.807) is 14.2 Å². The molecule has 98 valence electrons. The van der Waals surface area contributed by atoms with Gasteiger partial charge in [0, 0.05) is 11.6 Å². The molecule has 0 aliphatic heterocycles. The fraction of sp³-hybridized carbons (Fsp3) is 0.467. The molecule has 3 nitrogen and oxygen atoms in total. The van der Waals surface area contributed by atoms with Gasteiger partial charge in [0.2, 0.25) is 0 Å². The van der Waals surface area contributed by atoms with Gasteiger partial charge in [0.05, 0.1) is 19.8 Å². The number of terminal acetylenes is 1. The minimum Gasteiger partial charge on any atom is -0.497 e. The maximum atomic E-state index is 5.49. The highest BCUT2D eigenvalue weighted by Gasteiger charge is 2.20. The third kappa shape index (κ3) is 3.41. The largest absolute Gasteiger partial charge is 0.497 e. The molecule has 0 bridgehead atoms. The van der Waals surface area contributed by atoms with E-state index in [1.807, 2.05) is 32.0 Å². The first kappa shape index (κ1) is 14.4. The number of ether oxygens (including phenoxy) is 2. The summed E-state index contributed by atoms with van der Waals surface area (Å²) in [4.78, 5) is 0. The monoisotopic (exact) mass is 247 g/mol. The van der Waals surface area contributed by atoms with Crippen molar-refractivity contribution in [2.75, 3.05) is 14.2 Å². The van der Waals surface area contributed by atoms with Crippen molar-refractivity contribution in [1.29, 1.82) is 0 Å². The van der Waals surface area contributed by atoms with Crippen molar-refractivity contribution in [2.45, 2.75) is 32.4 Å². The van der Waals surface area contributed by atoms with Crippen LogP contribution in [-0.4, -0.2) is 19.8 Å². The molecule has 1 atom stereocenters. The van der Waals surface area contributed by atoms with Crippen LogP contribution in [0.15, 0.2) is 18.2 Å². The lowest BCUT2D eigenvalue weighted by molar-refractivity contribution is 0.378. The van der Waals surface area contributed by atoms with E-state index in [-0.39, 0.29) is 11.6 Å². The summed E-state index contributed by atoms with van der Waals surface area (Å²) in [6.45, 7) is 5.99. The molecule has 3 heteroatoms. The summed E-state index contributed by atoms with van der Waals surface area (Å²) in [7, 11) is 3.30. The first-order valence-corrected chi connectivity index (χ1v) is 5.91. The summed E-state index contributed by atoms with van der Waals surface area (Å²) in [6, 6.07) is 5.81. The van der Waals surface area contributed by atoms with Gasteiger partial charge >= 0.3 is 0 Å². The first-order valence-electron chi connectivity index (χ1n) is 5.91. The number of hydrogen-bond acceptors (Lipinski definition) is 3. The van der Waals surface area contributed by atoms with Crippen LogP contribution in [0.3, 0.4) is 0 Å². The van der Waals surface area contributed by atoms with Gasteiger partial charge in [-0.25, -0.2) is 0 Å². The normalized spacial score (nSPS) is 12.7. The molecular formula is C15H21NO2. The van der Waals surface area contributed by atoms with Gasteiger partial charge in [-0.15, -0.1) is 6.42 Å². The van der Waals surface area contributed by atoms with Crippen molar-refractivity contribution in [3.05, 3.63) is 23.8 Å². The maximum absolute atomic E-state index is 5.49. The summed E-state index contributed by atoms with van der Waals surface area (Å²) < 4.78 is 10.6. The highest BCUT2D eigenvalue weighted by Crippen LogP contribution is 2.30. The molecular weight excluding hydrogens is 226 g/mol. The number of rotatable bonds is 5. The second-order valence-corrected chi connectivity index (χ2v) is 4.74. The predicted octanol–water partition coefficient (Wildman–Crippen LogP) is 2.77. The van der Waals surface area contributed by atoms with Gasteiger partial charge in [-0.05, 0) is 39.0 Å². The van der Waals surface area contributed by atoms with Gasteiger partial charge in [-0.3, -0.25) is 5.32 Å². The van der Waals surface area contributed by atoms with Crippen LogP contribution in [0.2, 0.25) is 0 Å². The zero-order valence-corrected chi connectivity index (χ0v) is 11.7. The Hall–Kier alpha value is -1.66. The molecule has 0 saturated carbocycles. The van der Waals surface area contributed by atoms with E-state index in [4.69, 9.17) is 15.9 Å². The van der Waals surface area contributed by atoms with Crippen LogP contribution >= 0.6 is 0 Å². The van der Waals surface area contributed by atoms with Gasteiger partial charge in [0.1, 0.15) is 11.5 Å². The molecule has 1 rings (SSSR count). The van der Waals surface area contributed by atoms with Crippen molar-refractivity contribution >= 4 is 0 Å². The number of hydrogen-bond donors (Lipinski definition) is 1. The third-order valence-corrected chi connectivity index (χ3v) is 2.84. The lowest BCUT2D eigenvalue weighted by Gasteiger charge is -2.26. The number of benzene rings is 1. The fourth-order valence-corrected chi connectivity index (χ4v) is 1.84. The van der Waals surface area contributed by atoms with Crippen molar-refractivity contribution in [1.82, 2.24) is 5.32 Å². The smallest absolute Gasteiger partial charge is 0.123 e. The summed E-state index contributed by atoms with van der Waals surface area (Å²) in [6.07, 6.45) is 5.49. The molecule has 0 fully saturated rings. The molecule has 18 heavy (non-hydrogen) atoms. The predicted molar refractivity (Wildman–Crippen MR) is 74.0 cm³/mol. The van der Waals surface area contributed by atoms with E-state index in [0.717, 1.165) is 17.1 Å². The standard InChI is InChI=1S/C15H21NO2/c1-7-15(3,4)16-11(2)13-10-12(17-5)8-9-14(13)18-6/h1,8-11,16H,2-6H3. The Kier molecular flexibility index (Phi) is 4.63. The van der Waals surface area contributed by atoms with Crippen molar-refractivity contribution < 1.29 is 9.47 Å². The third-order valence-electron chi connectivity index (χ3n) is 2.84. The second-order valence-electron chi connectivity index (χ2n) is 4.74. The Labute approximate surface area is 109 Å². The number of nitrogens with one attached hydrogen (secondary N) is 1. The molecule has 1 unspecified atom stereocenters. The van der Waals surface area contributed by atoms with Crippen LogP contribution < -0.4 is 14.8 Å². The SMILES string of the molecule is C#CC(C)(C)NC(C)c1cc(OC)ccc1OC. The van der Waals surface area contributed by atoms with Crippen LogP contribution in [0.25, 0.3) is 0 Å². The highest BCUT2D eigenvalue weighted by molar-refractivity contribution is 5.42. The van der Waals surface area contributed by atoms with Crippen molar-refractivity contribution in [2.24, 2.45) is 0 Å². The van der Waals surface area contributed by atoms with Crippen molar-refractivity contribution in [3.63, 3.8) is 0 Å². The Morgan fingerprint density at radius 3 is 2.44 bits per heavy atom. The van der Waals surface area contributed by atoms with Gasteiger partial charge < -0.3 is 9.47 Å². The minimum atomic E-state index is -0.368. The first-order chi connectivity index (χ1) is 8.43. The van der Waals surface area contributed by atoms with E-state index in [2.05, 4.69) is 18.2 Å². The van der Waals surface area contributed by atoms with Gasteiger partial charge in [0.15, 0.2) is 0 Å². The van der Waals surface area contributed by atoms with Gasteiger partial charge in [-0.2, -0.15) is 0 Å². The summed E-state index contributed by atoms with van der Waals surface area (Å²) in [5.74, 6) is 4.35. The van der Waals surface area contributed by atoms with E-state index in [0.29, 0.717) is 0 Å². The van der Waals surface area contributed by atoms with Gasteiger partial charge in [0.25, 0.3) is 0 Å². The van der Waals surface area contributed by atoms with Crippen LogP contribution in [0.1, 0.15) is 32.4 Å². The average molecular weight is 247 g/mol. The van der Waals surface area contributed by atoms with E-state index < -0.39 is 0 Å². The van der Waals surface area contributed by atoms with Crippen LogP contribution in [-0.2, 0) is 0 Å². The Morgan fingerprint density at radius 1 is 1.28 bits per heavy atom. The molecule has 0 amide bonds. The van der Waals surface area contributed by atoms with E-state index in [9.17, 15) is 0 Å². The van der Waals surface area contributed by atoms with Crippen LogP contribution in [0.5, 0.6) is 11.5 Å². The second kappa shape index (κ2) is 5.79. The number of methoxy groups -OCH3 is 2. The lowest BCUT2D eigenvalue weighted by atomic mass is 10.0. The topological polar surface area (TPSA) is 30.5 Å². The van der Waals surface area contributed by atoms with Crippen molar-refractivity contribution in [3.8, 4) is 23.8 Å². The van der Waals surface area contributed by atoms with Crippen LogP contribution in [0.4, 0.5) is 0 Å². The zero-order chi connectivity index (χ0) is 13.8. The molecule has 0 radical (unpaired) electrons. The molecule has 1 aromatic carbocycles. The van der Waals surface area contributed by atoms with Crippen LogP contribution in [0, 0.1) is 12.3 Å². The Morgan fingerprint density at radius 2 is 1.94 bits per heavy atom. The molecule has 1 aromatic rings. The minimum absolute atomic E-state index is 0.0705. The molecule has 1 N–H and O–H groups in total. The molecule has 0 heterocycles. The maximum Gasteiger partial charge on any atom is 0.123 e.